The van der Waals surface area contributed by atoms with Crippen LogP contribution in [0.4, 0.5) is 0 Å². The Morgan fingerprint density at radius 1 is 1.35 bits per heavy atom. The molecule has 1 aliphatic rings. The van der Waals surface area contributed by atoms with E-state index in [4.69, 9.17) is 5.11 Å². The zero-order chi connectivity index (χ0) is 12.8. The highest BCUT2D eigenvalue weighted by atomic mass is 35.5. The monoisotopic (exact) mass is 250 g/mol. The molecule has 1 N–H and O–H groups in total. The number of carboxylic acid groups (broad SMARTS) is 1. The van der Waals surface area contributed by atoms with Gasteiger partial charge in [-0.25, -0.2) is 0 Å². The quantitative estimate of drug-likeness (QED) is 0.647. The maximum atomic E-state index is 10.5. The van der Waals surface area contributed by atoms with Gasteiger partial charge in [-0.2, -0.15) is 0 Å². The predicted octanol–water partition coefficient (Wildman–Crippen LogP) is 2.26. The van der Waals surface area contributed by atoms with Gasteiger partial charge in [0.05, 0.1) is 5.92 Å². The van der Waals surface area contributed by atoms with Crippen LogP contribution in [0.25, 0.3) is 0 Å². The first-order chi connectivity index (χ1) is 8.06. The lowest BCUT2D eigenvalue weighted by Crippen LogP contribution is -1.98. The summed E-state index contributed by atoms with van der Waals surface area (Å²) in [6.07, 6.45) is 5.24. The average molecular weight is 251 g/mol. The van der Waals surface area contributed by atoms with Crippen LogP contribution in [0.2, 0.25) is 0 Å². The van der Waals surface area contributed by atoms with Gasteiger partial charge in [0.2, 0.25) is 0 Å². The summed E-state index contributed by atoms with van der Waals surface area (Å²) >= 11 is 4.59. The van der Waals surface area contributed by atoms with E-state index in [1.807, 2.05) is 30.3 Å². The molecule has 1 aromatic carbocycles. The molecule has 3 nitrogen and oxygen atoms in total. The molecule has 17 heavy (non-hydrogen) atoms. The lowest BCUT2D eigenvalue weighted by Gasteiger charge is -1.95. The van der Waals surface area contributed by atoms with Crippen molar-refractivity contribution < 1.29 is 14.7 Å². The van der Waals surface area contributed by atoms with Gasteiger partial charge in [-0.05, 0) is 35.4 Å². The zero-order valence-electron chi connectivity index (χ0n) is 8.97. The molecule has 0 spiro atoms. The largest absolute Gasteiger partial charge is 0.481 e. The number of terminal acetylenes is 1. The minimum atomic E-state index is -0.745. The van der Waals surface area contributed by atoms with Crippen molar-refractivity contribution in [2.45, 2.75) is 12.3 Å². The fourth-order valence-electron chi connectivity index (χ4n) is 1.54. The van der Waals surface area contributed by atoms with Gasteiger partial charge in [0.15, 0.2) is 0 Å². The Morgan fingerprint density at radius 3 is 2.24 bits per heavy atom. The summed E-state index contributed by atoms with van der Waals surface area (Å²) in [5.41, 5.74) is 1.16. The second-order valence-electron chi connectivity index (χ2n) is 3.62. The third kappa shape index (κ3) is 4.29. The minimum Gasteiger partial charge on any atom is -0.481 e. The van der Waals surface area contributed by atoms with Crippen LogP contribution in [-0.4, -0.2) is 16.3 Å². The van der Waals surface area contributed by atoms with Crippen LogP contribution in [0.15, 0.2) is 30.3 Å². The molecule has 0 bridgehead atoms. The first-order valence-corrected chi connectivity index (χ1v) is 5.38. The van der Waals surface area contributed by atoms with Gasteiger partial charge in [0.1, 0.15) is 0 Å². The van der Waals surface area contributed by atoms with Gasteiger partial charge in [0.25, 0.3) is 5.24 Å². The van der Waals surface area contributed by atoms with Crippen LogP contribution >= 0.6 is 11.6 Å². The van der Waals surface area contributed by atoms with Gasteiger partial charge in [-0.15, -0.1) is 6.42 Å². The molecule has 88 valence electrons. The van der Waals surface area contributed by atoms with Crippen molar-refractivity contribution in [1.29, 1.82) is 0 Å². The van der Waals surface area contributed by atoms with Crippen molar-refractivity contribution in [3.8, 4) is 12.3 Å². The maximum absolute atomic E-state index is 10.5. The van der Waals surface area contributed by atoms with Crippen molar-refractivity contribution in [2.75, 3.05) is 0 Å². The van der Waals surface area contributed by atoms with E-state index in [0.29, 0.717) is 0 Å². The van der Waals surface area contributed by atoms with Crippen molar-refractivity contribution in [1.82, 2.24) is 0 Å². The lowest BCUT2D eigenvalue weighted by molar-refractivity contribution is -0.138. The Labute approximate surface area is 104 Å². The van der Waals surface area contributed by atoms with Crippen molar-refractivity contribution in [2.24, 2.45) is 5.92 Å². The number of aliphatic carboxylic acids is 1. The fraction of sp³-hybridized carbons (Fsp3) is 0.231. The molecule has 4 heteroatoms. The fourth-order valence-corrected chi connectivity index (χ4v) is 1.54. The number of rotatable bonds is 2. The Morgan fingerprint density at radius 2 is 1.88 bits per heavy atom. The van der Waals surface area contributed by atoms with Crippen molar-refractivity contribution in [3.05, 3.63) is 35.9 Å². The van der Waals surface area contributed by atoms with Crippen LogP contribution in [0.1, 0.15) is 17.9 Å². The number of hydrogen-bond donors (Lipinski definition) is 1. The van der Waals surface area contributed by atoms with E-state index in [1.54, 1.807) is 5.92 Å². The van der Waals surface area contributed by atoms with E-state index in [2.05, 4.69) is 18.0 Å². The summed E-state index contributed by atoms with van der Waals surface area (Å²) in [5.74, 6) is 1.13. The Balaban J connectivity index is 0.000000249. The molecule has 0 heterocycles. The number of carbonyl (C=O) groups is 2. The van der Waals surface area contributed by atoms with Gasteiger partial charge >= 0.3 is 5.97 Å². The first-order valence-electron chi connectivity index (χ1n) is 5.00. The summed E-state index contributed by atoms with van der Waals surface area (Å²) in [7, 11) is 0. The topological polar surface area (TPSA) is 54.4 Å². The molecule has 1 aromatic rings. The van der Waals surface area contributed by atoms with Gasteiger partial charge in [-0.3, -0.25) is 9.59 Å². The van der Waals surface area contributed by atoms with E-state index in [1.165, 1.54) is 0 Å². The molecule has 1 aliphatic carbocycles. The smallest absolute Gasteiger partial charge is 0.307 e. The normalized spacial score (nSPS) is 20.5. The van der Waals surface area contributed by atoms with E-state index < -0.39 is 11.2 Å². The Hall–Kier alpha value is -1.79. The molecule has 2 unspecified atom stereocenters. The molecular weight excluding hydrogens is 240 g/mol. The van der Waals surface area contributed by atoms with Gasteiger partial charge in [0, 0.05) is 0 Å². The summed E-state index contributed by atoms with van der Waals surface area (Å²) in [6.45, 7) is 0. The first kappa shape index (κ1) is 13.3. The zero-order valence-corrected chi connectivity index (χ0v) is 9.72. The minimum absolute atomic E-state index is 0.132. The third-order valence-electron chi connectivity index (χ3n) is 2.45. The van der Waals surface area contributed by atoms with Crippen LogP contribution in [0.5, 0.6) is 0 Å². The SMILES string of the molecule is C#CC(=O)Cl.O=C(O)C1CC1c1ccccc1. The Kier molecular flexibility index (Phi) is 4.74. The summed E-state index contributed by atoms with van der Waals surface area (Å²) < 4.78 is 0. The van der Waals surface area contributed by atoms with Crippen LogP contribution in [-0.2, 0) is 9.59 Å². The van der Waals surface area contributed by atoms with Gasteiger partial charge in [-0.1, -0.05) is 30.3 Å². The summed E-state index contributed by atoms with van der Waals surface area (Å²) in [5, 5.41) is 7.94. The lowest BCUT2D eigenvalue weighted by atomic mass is 10.1. The number of halogens is 1. The molecule has 1 saturated carbocycles. The number of carbonyl (C=O) groups excluding carboxylic acids is 1. The molecule has 0 radical (unpaired) electrons. The third-order valence-corrected chi connectivity index (χ3v) is 2.56. The van der Waals surface area contributed by atoms with E-state index in [0.717, 1.165) is 12.0 Å². The molecule has 1 fully saturated rings. The van der Waals surface area contributed by atoms with Crippen molar-refractivity contribution in [3.63, 3.8) is 0 Å². The van der Waals surface area contributed by atoms with E-state index in [-0.39, 0.29) is 11.8 Å². The molecule has 2 atom stereocenters. The van der Waals surface area contributed by atoms with Crippen LogP contribution in [0, 0.1) is 18.3 Å². The molecule has 0 aromatic heterocycles. The molecule has 0 saturated heterocycles. The van der Waals surface area contributed by atoms with Gasteiger partial charge < -0.3 is 5.11 Å². The highest BCUT2D eigenvalue weighted by Gasteiger charge is 2.43. The molecule has 0 amide bonds. The second-order valence-corrected chi connectivity index (χ2v) is 3.96. The van der Waals surface area contributed by atoms with Crippen molar-refractivity contribution >= 4 is 22.8 Å². The van der Waals surface area contributed by atoms with E-state index >= 15 is 0 Å². The standard InChI is InChI=1S/C10H10O2.C3HClO/c11-10(12)9-6-8(9)7-4-2-1-3-5-7;1-2-3(4)5/h1-5,8-9H,6H2,(H,11,12);1H. The second kappa shape index (κ2) is 6.07. The highest BCUT2D eigenvalue weighted by Crippen LogP contribution is 2.47. The molecular formula is C13H11ClO3. The highest BCUT2D eigenvalue weighted by molar-refractivity contribution is 6.68. The molecule has 2 rings (SSSR count). The Bertz CT molecular complexity index is 447. The van der Waals surface area contributed by atoms with E-state index in [9.17, 15) is 9.59 Å². The summed E-state index contributed by atoms with van der Waals surface area (Å²) in [4.78, 5) is 19.9. The molecule has 0 aliphatic heterocycles. The average Bonchev–Trinajstić information content (AvgIpc) is 3.11. The maximum Gasteiger partial charge on any atom is 0.307 e. The number of benzene rings is 1. The van der Waals surface area contributed by atoms with Crippen LogP contribution < -0.4 is 0 Å². The summed E-state index contributed by atoms with van der Waals surface area (Å²) in [6, 6.07) is 9.84. The number of carboxylic acids is 1. The van der Waals surface area contributed by atoms with Crippen LogP contribution in [0.3, 0.4) is 0 Å². The number of hydrogen-bond acceptors (Lipinski definition) is 2. The predicted molar refractivity (Wildman–Crippen MR) is 64.6 cm³/mol.